The van der Waals surface area contributed by atoms with Crippen molar-refractivity contribution in [3.8, 4) is 0 Å². The summed E-state index contributed by atoms with van der Waals surface area (Å²) in [6.07, 6.45) is 4.48. The van der Waals surface area contributed by atoms with Crippen LogP contribution in [0.15, 0.2) is 24.5 Å². The van der Waals surface area contributed by atoms with E-state index in [4.69, 9.17) is 4.74 Å². The monoisotopic (exact) mass is 354 g/mol. The number of hydrogen-bond donors (Lipinski definition) is 0. The summed E-state index contributed by atoms with van der Waals surface area (Å²) < 4.78 is 34.0. The SMILES string of the molecule is CO[C@@H]1CCN(S(=O)(=O)N(C)C)[C@@H]2CN(Cc3cccnc3)C[C@@H]21. The van der Waals surface area contributed by atoms with E-state index in [9.17, 15) is 8.42 Å². The first-order chi connectivity index (χ1) is 11.4. The minimum absolute atomic E-state index is 0.0345. The Morgan fingerprint density at radius 2 is 2.17 bits per heavy atom. The number of hydrogen-bond acceptors (Lipinski definition) is 5. The zero-order valence-corrected chi connectivity index (χ0v) is 15.3. The van der Waals surface area contributed by atoms with Gasteiger partial charge in [-0.05, 0) is 18.1 Å². The number of rotatable bonds is 5. The average molecular weight is 354 g/mol. The summed E-state index contributed by atoms with van der Waals surface area (Å²) in [6, 6.07) is 3.95. The molecule has 24 heavy (non-hydrogen) atoms. The largest absolute Gasteiger partial charge is 0.381 e. The first-order valence-electron chi connectivity index (χ1n) is 8.27. The molecule has 3 atom stereocenters. The molecule has 3 heterocycles. The molecule has 0 amide bonds. The second kappa shape index (κ2) is 7.05. The van der Waals surface area contributed by atoms with Gasteiger partial charge in [0.25, 0.3) is 10.2 Å². The maximum absolute atomic E-state index is 12.7. The van der Waals surface area contributed by atoms with Gasteiger partial charge in [0.15, 0.2) is 0 Å². The summed E-state index contributed by atoms with van der Waals surface area (Å²) in [5, 5.41) is 0. The fourth-order valence-corrected chi connectivity index (χ4v) is 5.19. The van der Waals surface area contributed by atoms with Crippen molar-refractivity contribution in [2.45, 2.75) is 25.1 Å². The second-order valence-electron chi connectivity index (χ2n) is 6.75. The summed E-state index contributed by atoms with van der Waals surface area (Å²) in [4.78, 5) is 6.47. The molecule has 0 bridgehead atoms. The van der Waals surface area contributed by atoms with E-state index < -0.39 is 10.2 Å². The molecule has 0 unspecified atom stereocenters. The van der Waals surface area contributed by atoms with Crippen molar-refractivity contribution in [1.29, 1.82) is 0 Å². The zero-order valence-electron chi connectivity index (χ0n) is 14.5. The van der Waals surface area contributed by atoms with Crippen LogP contribution in [0.4, 0.5) is 0 Å². The van der Waals surface area contributed by atoms with Crippen LogP contribution in [-0.4, -0.2) is 79.9 Å². The number of likely N-dealkylation sites (tertiary alicyclic amines) is 1. The fourth-order valence-electron chi connectivity index (χ4n) is 3.87. The van der Waals surface area contributed by atoms with E-state index in [-0.39, 0.29) is 18.1 Å². The molecule has 3 rings (SSSR count). The summed E-state index contributed by atoms with van der Waals surface area (Å²) in [7, 11) is 1.50. The lowest BCUT2D eigenvalue weighted by atomic mass is 9.91. The first kappa shape index (κ1) is 17.8. The first-order valence-corrected chi connectivity index (χ1v) is 9.66. The van der Waals surface area contributed by atoms with Crippen molar-refractivity contribution < 1.29 is 13.2 Å². The van der Waals surface area contributed by atoms with Gasteiger partial charge in [0.2, 0.25) is 0 Å². The van der Waals surface area contributed by atoms with Gasteiger partial charge in [-0.25, -0.2) is 0 Å². The van der Waals surface area contributed by atoms with Crippen LogP contribution < -0.4 is 0 Å². The van der Waals surface area contributed by atoms with E-state index >= 15 is 0 Å². The number of nitrogens with zero attached hydrogens (tertiary/aromatic N) is 4. The lowest BCUT2D eigenvalue weighted by Gasteiger charge is -2.40. The van der Waals surface area contributed by atoms with Crippen molar-refractivity contribution in [1.82, 2.24) is 18.5 Å². The van der Waals surface area contributed by atoms with Crippen molar-refractivity contribution in [2.24, 2.45) is 5.92 Å². The minimum Gasteiger partial charge on any atom is -0.381 e. The van der Waals surface area contributed by atoms with Crippen molar-refractivity contribution in [3.63, 3.8) is 0 Å². The fraction of sp³-hybridized carbons (Fsp3) is 0.688. The molecular weight excluding hydrogens is 328 g/mol. The van der Waals surface area contributed by atoms with Gasteiger partial charge in [-0.1, -0.05) is 6.07 Å². The summed E-state index contributed by atoms with van der Waals surface area (Å²) in [5.41, 5.74) is 1.15. The van der Waals surface area contributed by atoms with Gasteiger partial charge in [-0.3, -0.25) is 9.88 Å². The third-order valence-electron chi connectivity index (χ3n) is 5.08. The quantitative estimate of drug-likeness (QED) is 0.766. The average Bonchev–Trinajstić information content (AvgIpc) is 2.97. The Morgan fingerprint density at radius 1 is 1.38 bits per heavy atom. The normalized spacial score (nSPS) is 29.1. The van der Waals surface area contributed by atoms with Gasteiger partial charge in [0.1, 0.15) is 0 Å². The lowest BCUT2D eigenvalue weighted by Crippen LogP contribution is -2.56. The Morgan fingerprint density at radius 3 is 2.79 bits per heavy atom. The maximum Gasteiger partial charge on any atom is 0.281 e. The highest BCUT2D eigenvalue weighted by atomic mass is 32.2. The predicted molar refractivity (Wildman–Crippen MR) is 91.5 cm³/mol. The molecule has 1 aromatic heterocycles. The van der Waals surface area contributed by atoms with Gasteiger partial charge in [0.05, 0.1) is 6.10 Å². The molecule has 0 aromatic carbocycles. The van der Waals surface area contributed by atoms with Crippen LogP contribution in [0.1, 0.15) is 12.0 Å². The molecule has 0 N–H and O–H groups in total. The van der Waals surface area contributed by atoms with Gasteiger partial charge < -0.3 is 4.74 Å². The number of methoxy groups -OCH3 is 1. The molecule has 134 valence electrons. The maximum atomic E-state index is 12.7. The molecule has 8 heteroatoms. The highest BCUT2D eigenvalue weighted by Gasteiger charge is 2.48. The van der Waals surface area contributed by atoms with Crippen LogP contribution >= 0.6 is 0 Å². The second-order valence-corrected chi connectivity index (χ2v) is 8.85. The van der Waals surface area contributed by atoms with Crippen LogP contribution in [0.2, 0.25) is 0 Å². The van der Waals surface area contributed by atoms with Crippen molar-refractivity contribution >= 4 is 10.2 Å². The smallest absolute Gasteiger partial charge is 0.281 e. The van der Waals surface area contributed by atoms with Crippen LogP contribution in [-0.2, 0) is 21.5 Å². The number of pyridine rings is 1. The number of ether oxygens (including phenoxy) is 1. The Hall–Kier alpha value is -1.06. The summed E-state index contributed by atoms with van der Waals surface area (Å²) in [6.45, 7) is 2.87. The van der Waals surface area contributed by atoms with E-state index in [1.54, 1.807) is 31.7 Å². The Kier molecular flexibility index (Phi) is 5.22. The van der Waals surface area contributed by atoms with Crippen molar-refractivity contribution in [2.75, 3.05) is 40.8 Å². The van der Waals surface area contributed by atoms with Crippen LogP contribution in [0.5, 0.6) is 0 Å². The molecule has 7 nitrogen and oxygen atoms in total. The molecule has 0 aliphatic carbocycles. The Bertz CT molecular complexity index is 653. The molecule has 2 aliphatic heterocycles. The number of aromatic nitrogens is 1. The topological polar surface area (TPSA) is 66.0 Å². The molecule has 0 saturated carbocycles. The van der Waals surface area contributed by atoms with Gasteiger partial charge in [-0.2, -0.15) is 17.0 Å². The minimum atomic E-state index is -3.41. The third kappa shape index (κ3) is 3.34. The predicted octanol–water partition coefficient (Wildman–Crippen LogP) is 0.409. The summed E-state index contributed by atoms with van der Waals surface area (Å²) >= 11 is 0. The number of piperidine rings is 1. The molecule has 2 saturated heterocycles. The van der Waals surface area contributed by atoms with Crippen molar-refractivity contribution in [3.05, 3.63) is 30.1 Å². The van der Waals surface area contributed by atoms with E-state index in [0.29, 0.717) is 6.54 Å². The van der Waals surface area contributed by atoms with E-state index in [2.05, 4.69) is 16.0 Å². The van der Waals surface area contributed by atoms with Crippen LogP contribution in [0.3, 0.4) is 0 Å². The summed E-state index contributed by atoms with van der Waals surface area (Å²) in [5.74, 6) is 0.204. The highest BCUT2D eigenvalue weighted by Crippen LogP contribution is 2.35. The molecule has 0 spiro atoms. The molecule has 2 fully saturated rings. The number of fused-ring (bicyclic) bond motifs is 1. The van der Waals surface area contributed by atoms with Crippen LogP contribution in [0, 0.1) is 5.92 Å². The zero-order chi connectivity index (χ0) is 17.3. The van der Waals surface area contributed by atoms with Crippen LogP contribution in [0.25, 0.3) is 0 Å². The highest BCUT2D eigenvalue weighted by molar-refractivity contribution is 7.86. The van der Waals surface area contributed by atoms with Gasteiger partial charge in [0, 0.05) is 71.7 Å². The third-order valence-corrected chi connectivity index (χ3v) is 7.05. The molecule has 0 radical (unpaired) electrons. The molecule has 1 aromatic rings. The van der Waals surface area contributed by atoms with E-state index in [1.807, 2.05) is 12.3 Å². The van der Waals surface area contributed by atoms with E-state index in [1.165, 1.54) is 4.31 Å². The Balaban J connectivity index is 1.79. The molecular formula is C16H26N4O3S. The van der Waals surface area contributed by atoms with E-state index in [0.717, 1.165) is 31.6 Å². The van der Waals surface area contributed by atoms with Gasteiger partial charge >= 0.3 is 0 Å². The standard InChI is InChI=1S/C16H26N4O3S/c1-18(2)24(21,22)20-8-6-16(23-3)14-11-19(12-15(14)20)10-13-5-4-7-17-9-13/h4-5,7,9,14-16H,6,8,10-12H2,1-3H3/t14-,15+,16+/m0/s1. The Labute approximate surface area is 144 Å². The molecule has 2 aliphatic rings. The van der Waals surface area contributed by atoms with Gasteiger partial charge in [-0.15, -0.1) is 0 Å². The lowest BCUT2D eigenvalue weighted by molar-refractivity contribution is 0.00122.